The fraction of sp³-hybridized carbons (Fsp3) is 0.571. The molecule has 0 radical (unpaired) electrons. The van der Waals surface area contributed by atoms with E-state index in [1.165, 1.54) is 12.1 Å². The van der Waals surface area contributed by atoms with Crippen molar-refractivity contribution in [3.63, 3.8) is 0 Å². The second-order valence-electron chi connectivity index (χ2n) is 4.85. The number of aliphatic hydroxyl groups excluding tert-OH is 1. The van der Waals surface area contributed by atoms with Crippen molar-refractivity contribution in [3.05, 3.63) is 35.4 Å². The lowest BCUT2D eigenvalue weighted by atomic mass is 10.1. The van der Waals surface area contributed by atoms with Crippen LogP contribution < -0.4 is 0 Å². The number of β-amino-alcohol motifs (C(OH)–C–C–N with tert-alkyl or cyclic N) is 1. The van der Waals surface area contributed by atoms with E-state index in [1.54, 1.807) is 0 Å². The Kier molecular flexibility index (Phi) is 4.85. The molecule has 0 spiro atoms. The van der Waals surface area contributed by atoms with Gasteiger partial charge < -0.3 is 9.84 Å². The first-order valence-corrected chi connectivity index (χ1v) is 6.57. The summed E-state index contributed by atoms with van der Waals surface area (Å²) in [5.74, 6) is -1.17. The Morgan fingerprint density at radius 1 is 1.47 bits per heavy atom. The SMILES string of the molecule is CC[C@@H](O)CN1CCO[C@@H](c2ccc(F)cc2F)C1. The molecule has 1 aliphatic rings. The van der Waals surface area contributed by atoms with Gasteiger partial charge in [0.25, 0.3) is 0 Å². The van der Waals surface area contributed by atoms with E-state index in [4.69, 9.17) is 4.74 Å². The van der Waals surface area contributed by atoms with Crippen molar-refractivity contribution in [2.75, 3.05) is 26.2 Å². The Hall–Kier alpha value is -1.04. The van der Waals surface area contributed by atoms with Gasteiger partial charge in [-0.15, -0.1) is 0 Å². The van der Waals surface area contributed by atoms with Gasteiger partial charge in [-0.2, -0.15) is 0 Å². The topological polar surface area (TPSA) is 32.7 Å². The van der Waals surface area contributed by atoms with Crippen LogP contribution in [0.2, 0.25) is 0 Å². The Labute approximate surface area is 111 Å². The smallest absolute Gasteiger partial charge is 0.131 e. The number of halogens is 2. The summed E-state index contributed by atoms with van der Waals surface area (Å²) >= 11 is 0. The minimum absolute atomic E-state index is 0.372. The summed E-state index contributed by atoms with van der Waals surface area (Å²) < 4.78 is 32.1. The molecule has 2 atom stereocenters. The molecule has 0 unspecified atom stereocenters. The molecule has 0 aliphatic carbocycles. The summed E-state index contributed by atoms with van der Waals surface area (Å²) in [5.41, 5.74) is 0.372. The van der Waals surface area contributed by atoms with Crippen LogP contribution in [-0.4, -0.2) is 42.4 Å². The molecule has 1 fully saturated rings. The zero-order chi connectivity index (χ0) is 13.8. The van der Waals surface area contributed by atoms with Crippen LogP contribution in [0.1, 0.15) is 25.0 Å². The van der Waals surface area contributed by atoms with Crippen LogP contribution in [0, 0.1) is 11.6 Å². The van der Waals surface area contributed by atoms with Crippen LogP contribution in [0.5, 0.6) is 0 Å². The van der Waals surface area contributed by atoms with E-state index in [2.05, 4.69) is 0 Å². The molecular weight excluding hydrogens is 252 g/mol. The van der Waals surface area contributed by atoms with Crippen LogP contribution in [0.4, 0.5) is 8.78 Å². The number of benzene rings is 1. The second-order valence-corrected chi connectivity index (χ2v) is 4.85. The first-order valence-electron chi connectivity index (χ1n) is 6.57. The van der Waals surface area contributed by atoms with Crippen LogP contribution in [-0.2, 0) is 4.74 Å². The number of nitrogens with zero attached hydrogens (tertiary/aromatic N) is 1. The second kappa shape index (κ2) is 6.41. The Balaban J connectivity index is 2.04. The van der Waals surface area contributed by atoms with Crippen molar-refractivity contribution in [3.8, 4) is 0 Å². The van der Waals surface area contributed by atoms with Crippen molar-refractivity contribution in [2.24, 2.45) is 0 Å². The van der Waals surface area contributed by atoms with E-state index < -0.39 is 17.7 Å². The third-order valence-electron chi connectivity index (χ3n) is 3.40. The molecule has 2 rings (SSSR count). The molecule has 1 aromatic rings. The standard InChI is InChI=1S/C14H19F2NO2/c1-2-11(18)8-17-5-6-19-14(9-17)12-4-3-10(15)7-13(12)16/h3-4,7,11,14,18H,2,5-6,8-9H2,1H3/t11-,14-/m1/s1. The molecule has 1 N–H and O–H groups in total. The third kappa shape index (κ3) is 3.72. The van der Waals surface area contributed by atoms with Gasteiger partial charge in [-0.1, -0.05) is 13.0 Å². The van der Waals surface area contributed by atoms with Crippen LogP contribution >= 0.6 is 0 Å². The predicted molar refractivity (Wildman–Crippen MR) is 67.8 cm³/mol. The van der Waals surface area contributed by atoms with Crippen molar-refractivity contribution in [2.45, 2.75) is 25.6 Å². The van der Waals surface area contributed by atoms with Gasteiger partial charge in [0.05, 0.1) is 18.8 Å². The van der Waals surface area contributed by atoms with E-state index in [-0.39, 0.29) is 6.10 Å². The maximum atomic E-state index is 13.7. The van der Waals surface area contributed by atoms with Crippen molar-refractivity contribution >= 4 is 0 Å². The number of aliphatic hydroxyl groups is 1. The Bertz CT molecular complexity index is 428. The molecule has 0 bridgehead atoms. The number of hydrogen-bond donors (Lipinski definition) is 1. The molecule has 0 aromatic heterocycles. The van der Waals surface area contributed by atoms with Crippen molar-refractivity contribution < 1.29 is 18.6 Å². The molecule has 19 heavy (non-hydrogen) atoms. The highest BCUT2D eigenvalue weighted by Crippen LogP contribution is 2.25. The molecule has 3 nitrogen and oxygen atoms in total. The molecule has 0 saturated carbocycles. The van der Waals surface area contributed by atoms with E-state index in [0.717, 1.165) is 12.6 Å². The summed E-state index contributed by atoms with van der Waals surface area (Å²) in [4.78, 5) is 2.05. The number of hydrogen-bond acceptors (Lipinski definition) is 3. The van der Waals surface area contributed by atoms with E-state index in [1.807, 2.05) is 11.8 Å². The van der Waals surface area contributed by atoms with Crippen LogP contribution in [0.3, 0.4) is 0 Å². The minimum atomic E-state index is -0.588. The largest absolute Gasteiger partial charge is 0.392 e. The number of morpholine rings is 1. The number of ether oxygens (including phenoxy) is 1. The molecule has 106 valence electrons. The maximum Gasteiger partial charge on any atom is 0.131 e. The van der Waals surface area contributed by atoms with E-state index in [9.17, 15) is 13.9 Å². The Morgan fingerprint density at radius 3 is 2.95 bits per heavy atom. The first-order chi connectivity index (χ1) is 9.10. The highest BCUT2D eigenvalue weighted by atomic mass is 19.1. The Morgan fingerprint density at radius 2 is 2.26 bits per heavy atom. The quantitative estimate of drug-likeness (QED) is 0.910. The summed E-state index contributed by atoms with van der Waals surface area (Å²) in [5, 5.41) is 9.65. The summed E-state index contributed by atoms with van der Waals surface area (Å²) in [6.07, 6.45) is -0.0948. The highest BCUT2D eigenvalue weighted by Gasteiger charge is 2.25. The van der Waals surface area contributed by atoms with Crippen molar-refractivity contribution in [1.82, 2.24) is 4.90 Å². The lowest BCUT2D eigenvalue weighted by Crippen LogP contribution is -2.42. The average Bonchev–Trinajstić information content (AvgIpc) is 2.39. The van der Waals surface area contributed by atoms with Gasteiger partial charge in [0.15, 0.2) is 0 Å². The van der Waals surface area contributed by atoms with Gasteiger partial charge in [-0.25, -0.2) is 8.78 Å². The normalized spacial score (nSPS) is 22.4. The molecule has 1 saturated heterocycles. The monoisotopic (exact) mass is 271 g/mol. The van der Waals surface area contributed by atoms with Gasteiger partial charge in [0.1, 0.15) is 11.6 Å². The van der Waals surface area contributed by atoms with Gasteiger partial charge >= 0.3 is 0 Å². The molecule has 0 amide bonds. The summed E-state index contributed by atoms with van der Waals surface area (Å²) in [6, 6.07) is 3.54. The molecule has 1 heterocycles. The molecule has 1 aliphatic heterocycles. The zero-order valence-corrected chi connectivity index (χ0v) is 11.0. The number of rotatable bonds is 4. The van der Waals surface area contributed by atoms with Crippen molar-refractivity contribution in [1.29, 1.82) is 0 Å². The first kappa shape index (κ1) is 14.4. The lowest BCUT2D eigenvalue weighted by Gasteiger charge is -2.34. The van der Waals surface area contributed by atoms with Gasteiger partial charge in [0.2, 0.25) is 0 Å². The van der Waals surface area contributed by atoms with Gasteiger partial charge in [-0.05, 0) is 12.5 Å². The molecule has 5 heteroatoms. The van der Waals surface area contributed by atoms with Crippen LogP contribution in [0.25, 0.3) is 0 Å². The zero-order valence-electron chi connectivity index (χ0n) is 11.0. The average molecular weight is 271 g/mol. The van der Waals surface area contributed by atoms with E-state index in [0.29, 0.717) is 31.7 Å². The van der Waals surface area contributed by atoms with Crippen LogP contribution in [0.15, 0.2) is 18.2 Å². The van der Waals surface area contributed by atoms with Gasteiger partial charge in [0, 0.05) is 31.3 Å². The highest BCUT2D eigenvalue weighted by molar-refractivity contribution is 5.21. The third-order valence-corrected chi connectivity index (χ3v) is 3.40. The van der Waals surface area contributed by atoms with Gasteiger partial charge in [-0.3, -0.25) is 4.90 Å². The summed E-state index contributed by atoms with van der Waals surface area (Å²) in [7, 11) is 0. The fourth-order valence-electron chi connectivity index (χ4n) is 2.25. The molecule has 1 aromatic carbocycles. The minimum Gasteiger partial charge on any atom is -0.392 e. The molecular formula is C14H19F2NO2. The maximum absolute atomic E-state index is 13.7. The predicted octanol–water partition coefficient (Wildman–Crippen LogP) is 2.11. The summed E-state index contributed by atoms with van der Waals surface area (Å²) in [6.45, 7) is 4.19. The fourth-order valence-corrected chi connectivity index (χ4v) is 2.25. The van der Waals surface area contributed by atoms with E-state index >= 15 is 0 Å². The lowest BCUT2D eigenvalue weighted by molar-refractivity contribution is -0.0436.